The monoisotopic (exact) mass is 500 g/mol. The second-order valence-electron chi connectivity index (χ2n) is 7.89. The van der Waals surface area contributed by atoms with Crippen LogP contribution in [0.15, 0.2) is 47.8 Å². The maximum Gasteiger partial charge on any atom is 0.100 e. The summed E-state index contributed by atoms with van der Waals surface area (Å²) in [5.74, 6) is 0.0131. The molecule has 6 heteroatoms. The van der Waals surface area contributed by atoms with Gasteiger partial charge in [-0.05, 0) is 44.2 Å². The fraction of sp³-hybridized carbons (Fsp3) is 0.524. The van der Waals surface area contributed by atoms with E-state index in [1.165, 1.54) is 26.0 Å². The molecule has 1 aromatic carbocycles. The minimum atomic E-state index is 0.0131. The van der Waals surface area contributed by atoms with Crippen molar-refractivity contribution in [3.05, 3.63) is 53.4 Å². The van der Waals surface area contributed by atoms with Crippen molar-refractivity contribution < 1.29 is 8.57 Å². The molecular weight excluding hydrogens is 474 g/mol. The molecule has 2 aliphatic heterocycles. The number of halogens is 2. The van der Waals surface area contributed by atoms with Gasteiger partial charge in [0.05, 0.1) is 9.21 Å². The lowest BCUT2D eigenvalue weighted by molar-refractivity contribution is 0.161. The van der Waals surface area contributed by atoms with Crippen molar-refractivity contribution in [2.45, 2.75) is 50.2 Å². The number of likely N-dealkylation sites (tertiary alicyclic amines) is 1. The highest BCUT2D eigenvalue weighted by Gasteiger charge is 2.38. The summed E-state index contributed by atoms with van der Waals surface area (Å²) >= 11 is 2.21. The molecule has 0 aromatic heterocycles. The molecule has 4 rings (SSSR count). The molecule has 27 heavy (non-hydrogen) atoms. The molecule has 1 spiro atoms. The predicted molar refractivity (Wildman–Crippen MR) is 120 cm³/mol. The van der Waals surface area contributed by atoms with Gasteiger partial charge in [-0.3, -0.25) is 9.08 Å². The maximum absolute atomic E-state index is 13.2. The summed E-state index contributed by atoms with van der Waals surface area (Å²) in [5, 5.41) is 3.90. The Hall–Kier alpha value is -0.570. The van der Waals surface area contributed by atoms with E-state index in [2.05, 4.69) is 55.7 Å². The van der Waals surface area contributed by atoms with Gasteiger partial charge in [-0.15, -0.1) is 0 Å². The van der Waals surface area contributed by atoms with Crippen molar-refractivity contribution in [3.8, 4) is 0 Å². The molecule has 3 nitrogen and oxygen atoms in total. The number of hydrogen-bond acceptors (Lipinski definition) is 4. The summed E-state index contributed by atoms with van der Waals surface area (Å²) in [6.07, 6.45) is 9.67. The highest BCUT2D eigenvalue weighted by Crippen LogP contribution is 2.43. The van der Waals surface area contributed by atoms with Crippen molar-refractivity contribution in [2.75, 3.05) is 25.0 Å². The van der Waals surface area contributed by atoms with Crippen LogP contribution in [0.1, 0.15) is 50.2 Å². The standard InChI is InChI=1S/C21H26FIN2OS/c22-17-7-5-16(6-8-17)15-25-13-11-21(12-14-25)10-9-20(26-27-23)18-3-1-2-4-19(18)24-21/h1-5,7,20,24H,6,8-15H2. The van der Waals surface area contributed by atoms with Crippen LogP contribution >= 0.6 is 30.4 Å². The molecule has 0 amide bonds. The van der Waals surface area contributed by atoms with Gasteiger partial charge in [0.1, 0.15) is 11.9 Å². The van der Waals surface area contributed by atoms with Gasteiger partial charge in [-0.2, -0.15) is 0 Å². The first-order chi connectivity index (χ1) is 13.2. The molecule has 0 bridgehead atoms. The number of allylic oxidation sites excluding steroid dienone is 3. The predicted octanol–water partition coefficient (Wildman–Crippen LogP) is 6.36. The van der Waals surface area contributed by atoms with Gasteiger partial charge in [0, 0.05) is 64.1 Å². The Balaban J connectivity index is 1.42. The quantitative estimate of drug-likeness (QED) is 0.384. The summed E-state index contributed by atoms with van der Waals surface area (Å²) < 4.78 is 19.2. The number of rotatable bonds is 4. The first-order valence-corrected chi connectivity index (χ1v) is 13.0. The average Bonchev–Trinajstić information content (AvgIpc) is 2.83. The zero-order valence-corrected chi connectivity index (χ0v) is 18.4. The van der Waals surface area contributed by atoms with Crippen molar-refractivity contribution in [1.29, 1.82) is 0 Å². The molecule has 3 aliphatic rings. The number of nitrogens with zero attached hydrogens (tertiary/aromatic N) is 1. The van der Waals surface area contributed by atoms with Gasteiger partial charge in [-0.1, -0.05) is 29.8 Å². The van der Waals surface area contributed by atoms with Crippen molar-refractivity contribution in [3.63, 3.8) is 0 Å². The van der Waals surface area contributed by atoms with Crippen LogP contribution in [0.5, 0.6) is 0 Å². The minimum Gasteiger partial charge on any atom is -0.379 e. The number of benzene rings is 1. The van der Waals surface area contributed by atoms with E-state index in [-0.39, 0.29) is 17.5 Å². The van der Waals surface area contributed by atoms with Gasteiger partial charge in [0.25, 0.3) is 0 Å². The van der Waals surface area contributed by atoms with Crippen LogP contribution in [-0.2, 0) is 4.18 Å². The lowest BCUT2D eigenvalue weighted by Crippen LogP contribution is -2.49. The van der Waals surface area contributed by atoms with Crippen LogP contribution in [0.3, 0.4) is 0 Å². The van der Waals surface area contributed by atoms with Crippen LogP contribution in [0.25, 0.3) is 0 Å². The molecule has 146 valence electrons. The number of piperidine rings is 1. The van der Waals surface area contributed by atoms with Gasteiger partial charge >= 0.3 is 0 Å². The Bertz CT molecular complexity index is 731. The number of para-hydroxylation sites is 1. The van der Waals surface area contributed by atoms with Gasteiger partial charge in [0.2, 0.25) is 0 Å². The van der Waals surface area contributed by atoms with Crippen LogP contribution in [0.4, 0.5) is 10.1 Å². The fourth-order valence-corrected chi connectivity index (χ4v) is 5.57. The second-order valence-corrected chi connectivity index (χ2v) is 9.29. The Morgan fingerprint density at radius 2 is 2.00 bits per heavy atom. The molecule has 1 unspecified atom stereocenters. The number of nitrogens with one attached hydrogen (secondary N) is 1. The molecule has 1 atom stereocenters. The lowest BCUT2D eigenvalue weighted by atomic mass is 9.83. The van der Waals surface area contributed by atoms with Gasteiger partial charge < -0.3 is 5.32 Å². The Morgan fingerprint density at radius 3 is 2.74 bits per heavy atom. The van der Waals surface area contributed by atoms with E-state index < -0.39 is 0 Å². The number of anilines is 1. The topological polar surface area (TPSA) is 24.5 Å². The zero-order chi connectivity index (χ0) is 18.7. The van der Waals surface area contributed by atoms with E-state index >= 15 is 0 Å². The first kappa shape index (κ1) is 19.7. The molecule has 1 fully saturated rings. The average molecular weight is 500 g/mol. The minimum absolute atomic E-state index is 0.0131. The highest BCUT2D eigenvalue weighted by atomic mass is 127. The molecule has 1 aromatic rings. The van der Waals surface area contributed by atoms with E-state index in [1.807, 2.05) is 6.08 Å². The fourth-order valence-electron chi connectivity index (χ4n) is 4.53. The van der Waals surface area contributed by atoms with E-state index in [0.717, 1.165) is 51.7 Å². The normalized spacial score (nSPS) is 25.2. The molecule has 1 N–H and O–H groups in total. The van der Waals surface area contributed by atoms with Gasteiger partial charge in [-0.25, -0.2) is 4.39 Å². The second kappa shape index (κ2) is 8.84. The highest BCUT2D eigenvalue weighted by molar-refractivity contribution is 14.2. The molecule has 0 saturated carbocycles. The summed E-state index contributed by atoms with van der Waals surface area (Å²) in [7, 11) is 1.43. The Kier molecular flexibility index (Phi) is 6.46. The Labute approximate surface area is 177 Å². The van der Waals surface area contributed by atoms with E-state index in [4.69, 9.17) is 4.18 Å². The smallest absolute Gasteiger partial charge is 0.100 e. The molecule has 2 heterocycles. The van der Waals surface area contributed by atoms with Crippen molar-refractivity contribution >= 4 is 36.1 Å². The van der Waals surface area contributed by atoms with Crippen LogP contribution in [0.2, 0.25) is 0 Å². The summed E-state index contributed by atoms with van der Waals surface area (Å²) in [6.45, 7) is 3.16. The SMILES string of the molecule is FC1=CC=C(CN2CCC3(CCC(OSI)c4ccccc4N3)CC2)CC1. The van der Waals surface area contributed by atoms with E-state index in [0.29, 0.717) is 6.42 Å². The Morgan fingerprint density at radius 1 is 1.19 bits per heavy atom. The third-order valence-electron chi connectivity index (χ3n) is 6.17. The zero-order valence-electron chi connectivity index (χ0n) is 15.4. The maximum atomic E-state index is 13.2. The van der Waals surface area contributed by atoms with E-state index in [1.54, 1.807) is 6.08 Å². The summed E-state index contributed by atoms with van der Waals surface area (Å²) in [6, 6.07) is 8.59. The van der Waals surface area contributed by atoms with Crippen LogP contribution in [-0.4, -0.2) is 30.1 Å². The summed E-state index contributed by atoms with van der Waals surface area (Å²) in [4.78, 5) is 2.53. The lowest BCUT2D eigenvalue weighted by Gasteiger charge is -2.43. The molecule has 1 saturated heterocycles. The van der Waals surface area contributed by atoms with Gasteiger partial charge in [0.15, 0.2) is 0 Å². The molecular formula is C21H26FIN2OS. The third kappa shape index (κ3) is 4.71. The largest absolute Gasteiger partial charge is 0.379 e. The number of fused-ring (bicyclic) bond motifs is 1. The summed E-state index contributed by atoms with van der Waals surface area (Å²) in [5.41, 5.74) is 4.03. The molecule has 1 aliphatic carbocycles. The first-order valence-electron chi connectivity index (χ1n) is 9.75. The van der Waals surface area contributed by atoms with E-state index in [9.17, 15) is 4.39 Å². The van der Waals surface area contributed by atoms with Crippen molar-refractivity contribution in [2.24, 2.45) is 0 Å². The third-order valence-corrected chi connectivity index (χ3v) is 7.10. The van der Waals surface area contributed by atoms with Crippen LogP contribution < -0.4 is 5.32 Å². The van der Waals surface area contributed by atoms with Crippen molar-refractivity contribution in [1.82, 2.24) is 4.90 Å². The molecule has 0 radical (unpaired) electrons. The van der Waals surface area contributed by atoms with Crippen LogP contribution in [0, 0.1) is 0 Å². The number of hydrogen-bond donors (Lipinski definition) is 1.